The van der Waals surface area contributed by atoms with Gasteiger partial charge in [-0.3, -0.25) is 4.40 Å². The molecule has 7 heteroatoms. The fourth-order valence-electron chi connectivity index (χ4n) is 4.40. The average molecular weight is 456 g/mol. The number of aliphatic hydroxyl groups is 1. The van der Waals surface area contributed by atoms with Gasteiger partial charge in [0.05, 0.1) is 5.52 Å². The second-order valence-corrected chi connectivity index (χ2v) is 8.95. The van der Waals surface area contributed by atoms with Gasteiger partial charge in [0.1, 0.15) is 12.4 Å². The topological polar surface area (TPSA) is 66.5 Å². The highest BCUT2D eigenvalue weighted by molar-refractivity contribution is 6.31. The molecule has 0 radical (unpaired) electrons. The number of hydrogen-bond acceptors (Lipinski definition) is 5. The number of halogens is 1. The van der Waals surface area contributed by atoms with E-state index in [1.807, 2.05) is 30.1 Å². The van der Waals surface area contributed by atoms with Gasteiger partial charge in [-0.25, -0.2) is 0 Å². The molecule has 6 rings (SSSR count). The SMILES string of the molecule is CN(c1cccc(-c2ccc(C3CC3)cc2)c1)c1nc2nnc(CO)n2c2cc(Cl)ccc12. The molecule has 0 unspecified atom stereocenters. The monoisotopic (exact) mass is 455 g/mol. The molecule has 1 aliphatic rings. The summed E-state index contributed by atoms with van der Waals surface area (Å²) in [6.07, 6.45) is 2.62. The van der Waals surface area contributed by atoms with E-state index in [0.29, 0.717) is 16.6 Å². The van der Waals surface area contributed by atoms with E-state index < -0.39 is 0 Å². The first-order chi connectivity index (χ1) is 16.1. The van der Waals surface area contributed by atoms with E-state index in [1.165, 1.54) is 24.0 Å². The quantitative estimate of drug-likeness (QED) is 0.366. The fourth-order valence-corrected chi connectivity index (χ4v) is 4.57. The van der Waals surface area contributed by atoms with Gasteiger partial charge in [0.15, 0.2) is 5.82 Å². The molecule has 3 aromatic carbocycles. The number of aliphatic hydroxyl groups excluding tert-OH is 1. The standard InChI is InChI=1S/C26H22ClN5O/c1-31(21-4-2-3-19(13-21)18-9-7-17(8-10-18)16-5-6-16)25-22-12-11-20(27)14-23(22)32-24(15-33)29-30-26(32)28-25/h2-4,7-14,16,33H,5-6,15H2,1H3. The first kappa shape index (κ1) is 20.1. The summed E-state index contributed by atoms with van der Waals surface area (Å²) in [4.78, 5) is 6.83. The Morgan fingerprint density at radius 3 is 2.58 bits per heavy atom. The molecular weight excluding hydrogens is 434 g/mol. The summed E-state index contributed by atoms with van der Waals surface area (Å²) in [6.45, 7) is -0.235. The van der Waals surface area contributed by atoms with Gasteiger partial charge in [-0.2, -0.15) is 4.98 Å². The molecular formula is C26H22ClN5O. The predicted octanol–water partition coefficient (Wildman–Crippen LogP) is 5.74. The van der Waals surface area contributed by atoms with Crippen LogP contribution in [0.3, 0.4) is 0 Å². The molecule has 0 bridgehead atoms. The summed E-state index contributed by atoms with van der Waals surface area (Å²) in [5, 5.41) is 19.4. The molecule has 0 atom stereocenters. The zero-order valence-corrected chi connectivity index (χ0v) is 18.9. The van der Waals surface area contributed by atoms with Crippen molar-refractivity contribution in [2.75, 3.05) is 11.9 Å². The van der Waals surface area contributed by atoms with Crippen LogP contribution in [-0.2, 0) is 6.61 Å². The van der Waals surface area contributed by atoms with Crippen LogP contribution in [0.25, 0.3) is 27.8 Å². The van der Waals surface area contributed by atoms with E-state index in [2.05, 4.69) is 58.7 Å². The summed E-state index contributed by atoms with van der Waals surface area (Å²) in [7, 11) is 1.99. The van der Waals surface area contributed by atoms with Crippen LogP contribution in [0.15, 0.2) is 66.7 Å². The average Bonchev–Trinajstić information content (AvgIpc) is 3.62. The summed E-state index contributed by atoms with van der Waals surface area (Å²) < 4.78 is 1.75. The minimum absolute atomic E-state index is 0.235. The number of hydrogen-bond donors (Lipinski definition) is 1. The summed E-state index contributed by atoms with van der Waals surface area (Å²) in [6, 6.07) is 23.0. The van der Waals surface area contributed by atoms with Gasteiger partial charge >= 0.3 is 0 Å². The van der Waals surface area contributed by atoms with Crippen LogP contribution in [0, 0.1) is 0 Å². The van der Waals surface area contributed by atoms with Crippen molar-refractivity contribution in [3.63, 3.8) is 0 Å². The van der Waals surface area contributed by atoms with Crippen molar-refractivity contribution in [2.24, 2.45) is 0 Å². The van der Waals surface area contributed by atoms with Crippen molar-refractivity contribution in [1.29, 1.82) is 0 Å². The van der Waals surface area contributed by atoms with Crippen LogP contribution in [0.2, 0.25) is 5.02 Å². The Morgan fingerprint density at radius 2 is 1.82 bits per heavy atom. The predicted molar refractivity (Wildman–Crippen MR) is 131 cm³/mol. The lowest BCUT2D eigenvalue weighted by molar-refractivity contribution is 0.270. The maximum absolute atomic E-state index is 9.70. The molecule has 1 aliphatic carbocycles. The highest BCUT2D eigenvalue weighted by Gasteiger charge is 2.23. The lowest BCUT2D eigenvalue weighted by Crippen LogP contribution is -2.13. The van der Waals surface area contributed by atoms with Gasteiger partial charge in [0.2, 0.25) is 0 Å². The largest absolute Gasteiger partial charge is 0.388 e. The molecule has 2 aromatic heterocycles. The van der Waals surface area contributed by atoms with Gasteiger partial charge in [0.25, 0.3) is 5.78 Å². The molecule has 0 aliphatic heterocycles. The Balaban J connectivity index is 1.44. The molecule has 5 aromatic rings. The number of benzene rings is 3. The van der Waals surface area contributed by atoms with Gasteiger partial charge in [-0.05, 0) is 65.8 Å². The number of fused-ring (bicyclic) bond motifs is 3. The third-order valence-electron chi connectivity index (χ3n) is 6.35. The van der Waals surface area contributed by atoms with E-state index in [0.717, 1.165) is 33.9 Å². The normalized spacial score (nSPS) is 13.7. The molecule has 2 heterocycles. The Hall–Kier alpha value is -3.48. The Bertz CT molecular complexity index is 1490. The first-order valence-electron chi connectivity index (χ1n) is 11.0. The number of nitrogens with zero attached hydrogens (tertiary/aromatic N) is 5. The molecule has 164 valence electrons. The molecule has 0 saturated heterocycles. The number of rotatable bonds is 5. The minimum Gasteiger partial charge on any atom is -0.388 e. The summed E-state index contributed by atoms with van der Waals surface area (Å²) in [5.41, 5.74) is 5.59. The zero-order valence-electron chi connectivity index (χ0n) is 18.1. The molecule has 0 amide bonds. The molecule has 33 heavy (non-hydrogen) atoms. The highest BCUT2D eigenvalue weighted by atomic mass is 35.5. The van der Waals surface area contributed by atoms with Crippen molar-refractivity contribution < 1.29 is 5.11 Å². The van der Waals surface area contributed by atoms with Gasteiger partial charge in [-0.1, -0.05) is 48.0 Å². The molecule has 0 spiro atoms. The van der Waals surface area contributed by atoms with Gasteiger partial charge < -0.3 is 10.0 Å². The summed E-state index contributed by atoms with van der Waals surface area (Å²) >= 11 is 6.30. The van der Waals surface area contributed by atoms with Crippen LogP contribution < -0.4 is 4.90 Å². The van der Waals surface area contributed by atoms with Crippen molar-refractivity contribution in [3.8, 4) is 11.1 Å². The molecule has 6 nitrogen and oxygen atoms in total. The fraction of sp³-hybridized carbons (Fsp3) is 0.192. The van der Waals surface area contributed by atoms with E-state index >= 15 is 0 Å². The van der Waals surface area contributed by atoms with Crippen LogP contribution in [0.5, 0.6) is 0 Å². The summed E-state index contributed by atoms with van der Waals surface area (Å²) in [5.74, 6) is 2.34. The lowest BCUT2D eigenvalue weighted by Gasteiger charge is -2.21. The van der Waals surface area contributed by atoms with Crippen molar-refractivity contribution in [3.05, 3.63) is 83.1 Å². The minimum atomic E-state index is -0.235. The number of anilines is 2. The third-order valence-corrected chi connectivity index (χ3v) is 6.58. The maximum atomic E-state index is 9.70. The zero-order chi connectivity index (χ0) is 22.5. The van der Waals surface area contributed by atoms with Crippen molar-refractivity contribution in [2.45, 2.75) is 25.4 Å². The van der Waals surface area contributed by atoms with Gasteiger partial charge in [-0.15, -0.1) is 10.2 Å². The van der Waals surface area contributed by atoms with Crippen LogP contribution in [0.4, 0.5) is 11.5 Å². The highest BCUT2D eigenvalue weighted by Crippen LogP contribution is 2.40. The Labute approximate surface area is 196 Å². The van der Waals surface area contributed by atoms with Crippen molar-refractivity contribution in [1.82, 2.24) is 19.6 Å². The van der Waals surface area contributed by atoms with E-state index in [1.54, 1.807) is 4.40 Å². The van der Waals surface area contributed by atoms with E-state index in [9.17, 15) is 5.11 Å². The number of aromatic nitrogens is 4. The third kappa shape index (κ3) is 3.52. The van der Waals surface area contributed by atoms with E-state index in [4.69, 9.17) is 16.6 Å². The molecule has 1 saturated carbocycles. The van der Waals surface area contributed by atoms with Crippen LogP contribution >= 0.6 is 11.6 Å². The Morgan fingerprint density at radius 1 is 1.00 bits per heavy atom. The maximum Gasteiger partial charge on any atom is 0.257 e. The second kappa shape index (κ2) is 7.83. The molecule has 1 fully saturated rings. The van der Waals surface area contributed by atoms with Gasteiger partial charge in [0, 0.05) is 23.1 Å². The van der Waals surface area contributed by atoms with Crippen LogP contribution in [0.1, 0.15) is 30.1 Å². The Kier molecular flexibility index (Phi) is 4.78. The van der Waals surface area contributed by atoms with Crippen LogP contribution in [-0.4, -0.2) is 31.7 Å². The van der Waals surface area contributed by atoms with Crippen molar-refractivity contribution >= 4 is 39.8 Å². The smallest absolute Gasteiger partial charge is 0.257 e. The second-order valence-electron chi connectivity index (χ2n) is 8.51. The first-order valence-corrected chi connectivity index (χ1v) is 11.4. The molecule has 1 N–H and O–H groups in total. The lowest BCUT2D eigenvalue weighted by atomic mass is 10.0. The van der Waals surface area contributed by atoms with E-state index in [-0.39, 0.29) is 6.61 Å².